The van der Waals surface area contributed by atoms with Crippen molar-refractivity contribution < 1.29 is 17.6 Å². The molecule has 0 bridgehead atoms. The van der Waals surface area contributed by atoms with Gasteiger partial charge in [-0.05, 0) is 24.6 Å². The lowest BCUT2D eigenvalue weighted by atomic mass is 9.98. The topological polar surface area (TPSA) is 15.3 Å². The second-order valence-corrected chi connectivity index (χ2v) is 6.04. The van der Waals surface area contributed by atoms with Gasteiger partial charge in [0.2, 0.25) is 0 Å². The molecule has 0 aliphatic carbocycles. The van der Waals surface area contributed by atoms with Gasteiger partial charge in [0.25, 0.3) is 0 Å². The lowest BCUT2D eigenvalue weighted by molar-refractivity contribution is -0.138. The molecule has 1 atom stereocenters. The summed E-state index contributed by atoms with van der Waals surface area (Å²) < 4.78 is 52.4. The third kappa shape index (κ3) is 4.93. The lowest BCUT2D eigenvalue weighted by Crippen LogP contribution is -2.45. The lowest BCUT2D eigenvalue weighted by Gasteiger charge is -2.35. The largest absolute Gasteiger partial charge is 0.389 e. The van der Waals surface area contributed by atoms with Crippen LogP contribution in [0.3, 0.4) is 0 Å². The predicted molar refractivity (Wildman–Crippen MR) is 76.6 cm³/mol. The molecule has 0 saturated carbocycles. The molecule has 118 valence electrons. The molecule has 1 aromatic rings. The Morgan fingerprint density at radius 2 is 1.90 bits per heavy atom. The minimum atomic E-state index is -4.23. The van der Waals surface area contributed by atoms with E-state index in [1.165, 1.54) is 6.07 Å². The van der Waals surface area contributed by atoms with Gasteiger partial charge in [0, 0.05) is 48.7 Å². The minimum absolute atomic E-state index is 0.128. The normalized spacial score (nSPS) is 18.7. The zero-order valence-corrected chi connectivity index (χ0v) is 13.0. The van der Waals surface area contributed by atoms with Gasteiger partial charge in [0.1, 0.15) is 5.82 Å². The van der Waals surface area contributed by atoms with E-state index in [1.54, 1.807) is 12.1 Å². The van der Waals surface area contributed by atoms with E-state index in [4.69, 9.17) is 0 Å². The van der Waals surface area contributed by atoms with E-state index in [9.17, 15) is 17.6 Å². The Morgan fingerprint density at radius 3 is 2.52 bits per heavy atom. The van der Waals surface area contributed by atoms with E-state index in [2.05, 4.69) is 21.2 Å². The number of alkyl halides is 3. The Bertz CT molecular complexity index is 473. The first kappa shape index (κ1) is 16.7. The van der Waals surface area contributed by atoms with Crippen LogP contribution in [0.4, 0.5) is 17.6 Å². The van der Waals surface area contributed by atoms with Gasteiger partial charge >= 0.3 is 6.18 Å². The molecule has 7 heteroatoms. The fraction of sp³-hybridized carbons (Fsp3) is 0.571. The summed E-state index contributed by atoms with van der Waals surface area (Å²) in [7, 11) is 0. The van der Waals surface area contributed by atoms with Gasteiger partial charge < -0.3 is 5.32 Å². The number of piperazine rings is 1. The van der Waals surface area contributed by atoms with Crippen LogP contribution in [0.2, 0.25) is 0 Å². The van der Waals surface area contributed by atoms with Crippen LogP contribution in [-0.2, 0) is 0 Å². The Hall–Kier alpha value is -0.660. The van der Waals surface area contributed by atoms with E-state index in [-0.39, 0.29) is 6.42 Å². The van der Waals surface area contributed by atoms with E-state index in [0.717, 1.165) is 0 Å². The molecule has 1 aromatic carbocycles. The van der Waals surface area contributed by atoms with Crippen LogP contribution in [0.25, 0.3) is 0 Å². The van der Waals surface area contributed by atoms with Gasteiger partial charge in [-0.3, -0.25) is 4.90 Å². The van der Waals surface area contributed by atoms with Crippen LogP contribution in [0.5, 0.6) is 0 Å². The summed E-state index contributed by atoms with van der Waals surface area (Å²) in [6.07, 6.45) is -5.26. The van der Waals surface area contributed by atoms with Gasteiger partial charge in [0.15, 0.2) is 0 Å². The zero-order chi connectivity index (χ0) is 15.5. The van der Waals surface area contributed by atoms with Crippen molar-refractivity contribution in [3.05, 3.63) is 34.1 Å². The molecule has 0 spiro atoms. The molecule has 1 aliphatic heterocycles. The fourth-order valence-electron chi connectivity index (χ4n) is 2.60. The standard InChI is InChI=1S/C14H17BrF4N2/c15-10-1-2-12(16)11(9-10)13(3-4-14(17,18)19)21-7-5-20-6-8-21/h1-2,9,13,20H,3-8H2/t13-/m1/s1. The molecule has 0 aromatic heterocycles. The van der Waals surface area contributed by atoms with Crippen molar-refractivity contribution in [1.82, 2.24) is 10.2 Å². The number of hydrogen-bond acceptors (Lipinski definition) is 2. The zero-order valence-electron chi connectivity index (χ0n) is 11.4. The summed E-state index contributed by atoms with van der Waals surface area (Å²) in [5.74, 6) is -0.455. The Balaban J connectivity index is 2.23. The third-order valence-electron chi connectivity index (χ3n) is 3.61. The molecule has 1 heterocycles. The molecule has 2 nitrogen and oxygen atoms in total. The average molecular weight is 369 g/mol. The van der Waals surface area contributed by atoms with E-state index < -0.39 is 24.5 Å². The fourth-order valence-corrected chi connectivity index (χ4v) is 2.98. The highest BCUT2D eigenvalue weighted by molar-refractivity contribution is 9.10. The van der Waals surface area contributed by atoms with Crippen LogP contribution in [0.15, 0.2) is 22.7 Å². The molecule has 2 rings (SSSR count). The van der Waals surface area contributed by atoms with Crippen LogP contribution in [0, 0.1) is 5.82 Å². The smallest absolute Gasteiger partial charge is 0.314 e. The summed E-state index contributed by atoms with van der Waals surface area (Å²) in [5.41, 5.74) is 0.329. The quantitative estimate of drug-likeness (QED) is 0.811. The Labute approximate surface area is 129 Å². The van der Waals surface area contributed by atoms with E-state index in [0.29, 0.717) is 36.2 Å². The molecule has 0 unspecified atom stereocenters. The van der Waals surface area contributed by atoms with Gasteiger partial charge in [-0.25, -0.2) is 4.39 Å². The van der Waals surface area contributed by atoms with Crippen LogP contribution in [0.1, 0.15) is 24.4 Å². The first-order valence-corrected chi connectivity index (χ1v) is 7.62. The molecule has 1 fully saturated rings. The van der Waals surface area contributed by atoms with E-state index >= 15 is 0 Å². The van der Waals surface area contributed by atoms with E-state index in [1.807, 2.05) is 4.90 Å². The highest BCUT2D eigenvalue weighted by Crippen LogP contribution is 2.34. The van der Waals surface area contributed by atoms with Crippen molar-refractivity contribution in [3.8, 4) is 0 Å². The molecule has 0 radical (unpaired) electrons. The third-order valence-corrected chi connectivity index (χ3v) is 4.10. The van der Waals surface area contributed by atoms with Crippen molar-refractivity contribution in [1.29, 1.82) is 0 Å². The minimum Gasteiger partial charge on any atom is -0.314 e. The molecular weight excluding hydrogens is 352 g/mol. The highest BCUT2D eigenvalue weighted by Gasteiger charge is 2.32. The van der Waals surface area contributed by atoms with Gasteiger partial charge in [-0.2, -0.15) is 13.2 Å². The molecular formula is C14H17BrF4N2. The monoisotopic (exact) mass is 368 g/mol. The van der Waals surface area contributed by atoms with Crippen molar-refractivity contribution >= 4 is 15.9 Å². The maximum Gasteiger partial charge on any atom is 0.389 e. The number of nitrogens with zero attached hydrogens (tertiary/aromatic N) is 1. The van der Waals surface area contributed by atoms with Crippen LogP contribution >= 0.6 is 15.9 Å². The number of hydrogen-bond donors (Lipinski definition) is 1. The summed E-state index contributed by atoms with van der Waals surface area (Å²) >= 11 is 3.26. The maximum absolute atomic E-state index is 14.1. The number of rotatable bonds is 4. The van der Waals surface area contributed by atoms with Crippen LogP contribution in [-0.4, -0.2) is 37.3 Å². The first-order valence-electron chi connectivity index (χ1n) is 6.83. The number of nitrogens with one attached hydrogen (secondary N) is 1. The second-order valence-electron chi connectivity index (χ2n) is 5.12. The Morgan fingerprint density at radius 1 is 1.24 bits per heavy atom. The summed E-state index contributed by atoms with van der Waals surface area (Å²) in [6.45, 7) is 2.65. The summed E-state index contributed by atoms with van der Waals surface area (Å²) in [6, 6.07) is 3.88. The number of halogens is 5. The van der Waals surface area contributed by atoms with Gasteiger partial charge in [-0.1, -0.05) is 15.9 Å². The molecule has 0 amide bonds. The maximum atomic E-state index is 14.1. The SMILES string of the molecule is Fc1ccc(Br)cc1[C@@H](CCC(F)(F)F)N1CCNCC1. The molecule has 1 saturated heterocycles. The molecule has 21 heavy (non-hydrogen) atoms. The van der Waals surface area contributed by atoms with Crippen molar-refractivity contribution in [3.63, 3.8) is 0 Å². The van der Waals surface area contributed by atoms with Crippen molar-refractivity contribution in [2.75, 3.05) is 26.2 Å². The Kier molecular flexibility index (Phi) is 5.62. The first-order chi connectivity index (χ1) is 9.87. The number of benzene rings is 1. The van der Waals surface area contributed by atoms with Gasteiger partial charge in [-0.15, -0.1) is 0 Å². The summed E-state index contributed by atoms with van der Waals surface area (Å²) in [5, 5.41) is 3.15. The highest BCUT2D eigenvalue weighted by atomic mass is 79.9. The predicted octanol–water partition coefficient (Wildman–Crippen LogP) is 3.88. The molecule has 1 aliphatic rings. The van der Waals surface area contributed by atoms with Crippen molar-refractivity contribution in [2.24, 2.45) is 0 Å². The summed E-state index contributed by atoms with van der Waals surface area (Å²) in [4.78, 5) is 1.92. The van der Waals surface area contributed by atoms with Gasteiger partial charge in [0.05, 0.1) is 0 Å². The van der Waals surface area contributed by atoms with Crippen LogP contribution < -0.4 is 5.32 Å². The second kappa shape index (κ2) is 7.07. The van der Waals surface area contributed by atoms with Crippen molar-refractivity contribution in [2.45, 2.75) is 25.1 Å². The molecule has 1 N–H and O–H groups in total. The average Bonchev–Trinajstić information content (AvgIpc) is 2.43.